The lowest BCUT2D eigenvalue weighted by atomic mass is 10.2. The summed E-state index contributed by atoms with van der Waals surface area (Å²) in [5.74, 6) is -1.21. The zero-order chi connectivity index (χ0) is 20.7. The fraction of sp³-hybridized carbons (Fsp3) is 0.0588. The number of benzene rings is 2. The van der Waals surface area contributed by atoms with Crippen LogP contribution in [-0.2, 0) is 4.79 Å². The molecular weight excluding hydrogens is 368 g/mol. The Morgan fingerprint density at radius 1 is 1.11 bits per heavy atom. The molecule has 0 spiro atoms. The van der Waals surface area contributed by atoms with Crippen LogP contribution in [-0.4, -0.2) is 22.0 Å². The zero-order valence-electron chi connectivity index (χ0n) is 14.6. The van der Waals surface area contributed by atoms with Gasteiger partial charge in [0.25, 0.3) is 11.6 Å². The fourth-order valence-electron chi connectivity index (χ4n) is 2.07. The van der Waals surface area contributed by atoms with Crippen molar-refractivity contribution in [2.24, 2.45) is 16.0 Å². The number of anilines is 2. The van der Waals surface area contributed by atoms with Gasteiger partial charge in [0, 0.05) is 23.5 Å². The van der Waals surface area contributed by atoms with E-state index in [1.54, 1.807) is 18.2 Å². The predicted octanol–water partition coefficient (Wildman–Crippen LogP) is 3.60. The van der Waals surface area contributed by atoms with Crippen LogP contribution >= 0.6 is 0 Å². The molecule has 144 valence electrons. The number of hydrogen-bond acceptors (Lipinski definition) is 7. The van der Waals surface area contributed by atoms with Gasteiger partial charge in [0.15, 0.2) is 5.70 Å². The second-order valence-electron chi connectivity index (χ2n) is 5.44. The number of urea groups is 1. The molecule has 0 fully saturated rings. The molecule has 0 saturated carbocycles. The topological polar surface area (TPSA) is 172 Å². The summed E-state index contributed by atoms with van der Waals surface area (Å²) in [5.41, 5.74) is 5.26. The standard InChI is InChI=1S/C17H16N6O5/c1-10(24)15(16(25)19-12-5-3-7-14(9-12)23(27)28)22-21-13-6-2-4-11(8-13)20-17(18)26/h2-9,24H,1H3,(H,19,25)(H3,18,20,26). The van der Waals surface area contributed by atoms with Crippen molar-refractivity contribution >= 4 is 34.7 Å². The molecular formula is C17H16N6O5. The fourth-order valence-corrected chi connectivity index (χ4v) is 2.07. The third-order valence-corrected chi connectivity index (χ3v) is 3.25. The van der Waals surface area contributed by atoms with E-state index in [4.69, 9.17) is 5.73 Å². The number of primary amides is 1. The molecule has 0 aromatic heterocycles. The van der Waals surface area contributed by atoms with Crippen LogP contribution in [0.4, 0.5) is 27.5 Å². The van der Waals surface area contributed by atoms with Crippen molar-refractivity contribution in [2.45, 2.75) is 6.92 Å². The predicted molar refractivity (Wildman–Crippen MR) is 101 cm³/mol. The smallest absolute Gasteiger partial charge is 0.316 e. The second-order valence-corrected chi connectivity index (χ2v) is 5.44. The number of aliphatic hydroxyl groups excluding tert-OH is 1. The van der Waals surface area contributed by atoms with E-state index in [-0.39, 0.29) is 22.8 Å². The molecule has 0 unspecified atom stereocenters. The molecule has 28 heavy (non-hydrogen) atoms. The van der Waals surface area contributed by atoms with Gasteiger partial charge in [0.05, 0.1) is 10.6 Å². The van der Waals surface area contributed by atoms with Crippen LogP contribution in [0.2, 0.25) is 0 Å². The third kappa shape index (κ3) is 5.62. The zero-order valence-corrected chi connectivity index (χ0v) is 14.6. The lowest BCUT2D eigenvalue weighted by Crippen LogP contribution is -2.19. The molecule has 0 heterocycles. The molecule has 3 amide bonds. The van der Waals surface area contributed by atoms with Gasteiger partial charge >= 0.3 is 6.03 Å². The van der Waals surface area contributed by atoms with Gasteiger partial charge in [0.2, 0.25) is 0 Å². The average Bonchev–Trinajstić information content (AvgIpc) is 2.61. The number of allylic oxidation sites excluding steroid dienone is 1. The molecule has 0 saturated heterocycles. The molecule has 11 nitrogen and oxygen atoms in total. The molecule has 11 heteroatoms. The first-order valence-corrected chi connectivity index (χ1v) is 7.80. The summed E-state index contributed by atoms with van der Waals surface area (Å²) in [7, 11) is 0. The molecule has 2 aromatic carbocycles. The van der Waals surface area contributed by atoms with Crippen molar-refractivity contribution in [3.8, 4) is 0 Å². The summed E-state index contributed by atoms with van der Waals surface area (Å²) in [4.78, 5) is 33.4. The molecule has 0 atom stereocenters. The Kier molecular flexibility index (Phi) is 6.36. The van der Waals surface area contributed by atoms with Crippen LogP contribution in [0.5, 0.6) is 0 Å². The van der Waals surface area contributed by atoms with Crippen LogP contribution < -0.4 is 16.4 Å². The summed E-state index contributed by atoms with van der Waals surface area (Å²) in [5, 5.41) is 32.9. The first kappa shape index (κ1) is 20.0. The highest BCUT2D eigenvalue weighted by Gasteiger charge is 2.15. The van der Waals surface area contributed by atoms with Crippen LogP contribution in [0.1, 0.15) is 6.92 Å². The number of carbonyl (C=O) groups is 2. The number of nitrogens with two attached hydrogens (primary N) is 1. The maximum absolute atomic E-state index is 12.3. The van der Waals surface area contributed by atoms with Gasteiger partial charge in [-0.05, 0) is 31.2 Å². The summed E-state index contributed by atoms with van der Waals surface area (Å²) < 4.78 is 0. The van der Waals surface area contributed by atoms with E-state index in [1.807, 2.05) is 0 Å². The Hall–Kier alpha value is -4.28. The van der Waals surface area contributed by atoms with E-state index in [0.717, 1.165) is 0 Å². The highest BCUT2D eigenvalue weighted by Crippen LogP contribution is 2.21. The van der Waals surface area contributed by atoms with Gasteiger partial charge in [0.1, 0.15) is 5.76 Å². The maximum Gasteiger partial charge on any atom is 0.316 e. The van der Waals surface area contributed by atoms with E-state index >= 15 is 0 Å². The molecule has 5 N–H and O–H groups in total. The van der Waals surface area contributed by atoms with Gasteiger partial charge < -0.3 is 21.5 Å². The number of carbonyl (C=O) groups excluding carboxylic acids is 2. The lowest BCUT2D eigenvalue weighted by molar-refractivity contribution is -0.384. The van der Waals surface area contributed by atoms with Crippen molar-refractivity contribution in [3.05, 3.63) is 70.1 Å². The Morgan fingerprint density at radius 3 is 2.36 bits per heavy atom. The van der Waals surface area contributed by atoms with E-state index < -0.39 is 22.6 Å². The minimum absolute atomic E-state index is 0.154. The average molecular weight is 384 g/mol. The molecule has 0 aliphatic heterocycles. The molecule has 0 aliphatic carbocycles. The number of nitro benzene ring substituents is 1. The Balaban J connectivity index is 2.20. The first-order valence-electron chi connectivity index (χ1n) is 7.80. The van der Waals surface area contributed by atoms with Crippen molar-refractivity contribution in [2.75, 3.05) is 10.6 Å². The first-order chi connectivity index (χ1) is 13.3. The van der Waals surface area contributed by atoms with Gasteiger partial charge in [-0.25, -0.2) is 4.79 Å². The van der Waals surface area contributed by atoms with Crippen LogP contribution in [0.3, 0.4) is 0 Å². The summed E-state index contributed by atoms with van der Waals surface area (Å²) in [6.07, 6.45) is 0. The lowest BCUT2D eigenvalue weighted by Gasteiger charge is -2.06. The van der Waals surface area contributed by atoms with Crippen molar-refractivity contribution in [1.29, 1.82) is 0 Å². The normalized spacial score (nSPS) is 11.6. The van der Waals surface area contributed by atoms with Gasteiger partial charge in [-0.1, -0.05) is 12.1 Å². The number of nitro groups is 1. The van der Waals surface area contributed by atoms with E-state index in [0.29, 0.717) is 5.69 Å². The minimum Gasteiger partial charge on any atom is -0.510 e. The SMILES string of the molecule is CC(O)=C(N=Nc1cccc(NC(N)=O)c1)C(=O)Nc1cccc([N+](=O)[O-])c1. The van der Waals surface area contributed by atoms with Crippen molar-refractivity contribution < 1.29 is 19.6 Å². The van der Waals surface area contributed by atoms with E-state index in [1.165, 1.54) is 37.3 Å². The number of rotatable bonds is 6. The van der Waals surface area contributed by atoms with Crippen molar-refractivity contribution in [1.82, 2.24) is 0 Å². The number of non-ortho nitro benzene ring substituents is 1. The van der Waals surface area contributed by atoms with E-state index in [9.17, 15) is 24.8 Å². The number of aliphatic hydroxyl groups is 1. The Labute approximate surface area is 158 Å². The summed E-state index contributed by atoms with van der Waals surface area (Å²) >= 11 is 0. The third-order valence-electron chi connectivity index (χ3n) is 3.25. The Bertz CT molecular complexity index is 982. The highest BCUT2D eigenvalue weighted by molar-refractivity contribution is 6.03. The maximum atomic E-state index is 12.3. The summed E-state index contributed by atoms with van der Waals surface area (Å²) in [6, 6.07) is 10.7. The quantitative estimate of drug-likeness (QED) is 0.195. The number of hydrogen-bond donors (Lipinski definition) is 4. The van der Waals surface area contributed by atoms with Gasteiger partial charge in [-0.15, -0.1) is 5.11 Å². The molecule has 0 radical (unpaired) electrons. The number of amides is 3. The van der Waals surface area contributed by atoms with Gasteiger partial charge in [-0.3, -0.25) is 14.9 Å². The second kappa shape index (κ2) is 8.89. The summed E-state index contributed by atoms with van der Waals surface area (Å²) in [6.45, 7) is 1.24. The van der Waals surface area contributed by atoms with E-state index in [2.05, 4.69) is 20.9 Å². The minimum atomic E-state index is -0.810. The number of nitrogens with zero attached hydrogens (tertiary/aromatic N) is 3. The van der Waals surface area contributed by atoms with Crippen LogP contribution in [0.15, 0.2) is 70.2 Å². The molecule has 0 aliphatic rings. The molecule has 2 aromatic rings. The number of azo groups is 1. The van der Waals surface area contributed by atoms with Crippen molar-refractivity contribution in [3.63, 3.8) is 0 Å². The monoisotopic (exact) mass is 384 g/mol. The van der Waals surface area contributed by atoms with Crippen LogP contribution in [0, 0.1) is 10.1 Å². The van der Waals surface area contributed by atoms with Crippen LogP contribution in [0.25, 0.3) is 0 Å². The molecule has 2 rings (SSSR count). The molecule has 0 bridgehead atoms. The van der Waals surface area contributed by atoms with Gasteiger partial charge in [-0.2, -0.15) is 5.11 Å². The largest absolute Gasteiger partial charge is 0.510 e. The number of nitrogens with one attached hydrogen (secondary N) is 2. The highest BCUT2D eigenvalue weighted by atomic mass is 16.6. The Morgan fingerprint density at radius 2 is 1.75 bits per heavy atom.